The van der Waals surface area contributed by atoms with Crippen LogP contribution in [0.1, 0.15) is 31.8 Å². The number of carbonyl (C=O) groups is 3. The lowest BCUT2D eigenvalue weighted by molar-refractivity contribution is -0.137. The lowest BCUT2D eigenvalue weighted by Crippen LogP contribution is -2.50. The highest BCUT2D eigenvalue weighted by Gasteiger charge is 2.31. The Morgan fingerprint density at radius 2 is 1.38 bits per heavy atom. The number of nitrogens with one attached hydrogen (secondary N) is 1. The smallest absolute Gasteiger partial charge is 0.355 e. The first-order valence-electron chi connectivity index (χ1n) is 9.94. The van der Waals surface area contributed by atoms with Gasteiger partial charge >= 0.3 is 6.18 Å². The van der Waals surface area contributed by atoms with Crippen LogP contribution in [0.4, 0.5) is 13.2 Å². The van der Waals surface area contributed by atoms with E-state index in [1.54, 1.807) is 42.3 Å². The summed E-state index contributed by atoms with van der Waals surface area (Å²) in [5, 5.41) is 2.53. The van der Waals surface area contributed by atoms with Crippen molar-refractivity contribution < 1.29 is 27.6 Å². The third-order valence-corrected chi connectivity index (χ3v) is 5.16. The van der Waals surface area contributed by atoms with Crippen LogP contribution >= 0.6 is 0 Å². The molecule has 168 valence electrons. The zero-order chi connectivity index (χ0) is 23.3. The molecule has 1 aliphatic rings. The summed E-state index contributed by atoms with van der Waals surface area (Å²) in [5.74, 6) is -0.764. The molecule has 0 bridgehead atoms. The molecule has 0 spiro atoms. The first-order valence-corrected chi connectivity index (χ1v) is 9.94. The molecular formula is C23H22F3N3O3. The maximum atomic E-state index is 12.7. The van der Waals surface area contributed by atoms with E-state index in [-0.39, 0.29) is 23.3 Å². The van der Waals surface area contributed by atoms with Crippen molar-refractivity contribution in [1.29, 1.82) is 0 Å². The number of benzene rings is 2. The molecule has 32 heavy (non-hydrogen) atoms. The second-order valence-electron chi connectivity index (χ2n) is 7.23. The van der Waals surface area contributed by atoms with Crippen molar-refractivity contribution in [3.63, 3.8) is 0 Å². The molecule has 2 aromatic carbocycles. The predicted octanol–water partition coefficient (Wildman–Crippen LogP) is 3.06. The van der Waals surface area contributed by atoms with Crippen molar-refractivity contribution in [2.45, 2.75) is 6.18 Å². The highest BCUT2D eigenvalue weighted by molar-refractivity contribution is 5.96. The van der Waals surface area contributed by atoms with Gasteiger partial charge in [0.15, 0.2) is 0 Å². The minimum atomic E-state index is -4.45. The van der Waals surface area contributed by atoms with Gasteiger partial charge in [0.05, 0.1) is 5.56 Å². The van der Waals surface area contributed by atoms with Gasteiger partial charge in [0, 0.05) is 50.4 Å². The quantitative estimate of drug-likeness (QED) is 0.736. The highest BCUT2D eigenvalue weighted by Crippen LogP contribution is 2.29. The average Bonchev–Trinajstić information content (AvgIpc) is 2.81. The minimum absolute atomic E-state index is 0.179. The van der Waals surface area contributed by atoms with Crippen molar-refractivity contribution in [3.05, 3.63) is 76.9 Å². The van der Waals surface area contributed by atoms with Gasteiger partial charge in [0.25, 0.3) is 11.8 Å². The number of rotatable bonds is 4. The Bertz CT molecular complexity index is 1010. The number of carbonyl (C=O) groups excluding carboxylic acids is 3. The second-order valence-corrected chi connectivity index (χ2v) is 7.23. The third kappa shape index (κ3) is 5.54. The van der Waals surface area contributed by atoms with Crippen LogP contribution in [0.3, 0.4) is 0 Å². The molecule has 1 N–H and O–H groups in total. The topological polar surface area (TPSA) is 69.7 Å². The zero-order valence-corrected chi connectivity index (χ0v) is 17.4. The van der Waals surface area contributed by atoms with Crippen molar-refractivity contribution in [2.24, 2.45) is 0 Å². The number of hydrogen-bond donors (Lipinski definition) is 1. The summed E-state index contributed by atoms with van der Waals surface area (Å²) < 4.78 is 38.0. The minimum Gasteiger partial charge on any atom is -0.355 e. The molecule has 3 rings (SSSR count). The van der Waals surface area contributed by atoms with Gasteiger partial charge in [-0.3, -0.25) is 14.4 Å². The van der Waals surface area contributed by atoms with E-state index >= 15 is 0 Å². The lowest BCUT2D eigenvalue weighted by atomic mass is 10.1. The lowest BCUT2D eigenvalue weighted by Gasteiger charge is -2.34. The number of alkyl halides is 3. The number of amides is 3. The molecule has 1 saturated heterocycles. The van der Waals surface area contributed by atoms with Gasteiger partial charge in [-0.25, -0.2) is 0 Å². The van der Waals surface area contributed by atoms with Crippen LogP contribution in [0.15, 0.2) is 54.6 Å². The van der Waals surface area contributed by atoms with Crippen LogP contribution in [0.5, 0.6) is 0 Å². The molecule has 0 radical (unpaired) electrons. The van der Waals surface area contributed by atoms with Gasteiger partial charge in [0.2, 0.25) is 5.91 Å². The molecule has 6 nitrogen and oxygen atoms in total. The van der Waals surface area contributed by atoms with E-state index in [1.807, 2.05) is 0 Å². The Labute approximate surface area is 183 Å². The monoisotopic (exact) mass is 445 g/mol. The van der Waals surface area contributed by atoms with Crippen LogP contribution in [-0.2, 0) is 11.0 Å². The van der Waals surface area contributed by atoms with Crippen LogP contribution < -0.4 is 5.32 Å². The maximum absolute atomic E-state index is 12.7. The van der Waals surface area contributed by atoms with Crippen LogP contribution in [0.25, 0.3) is 6.08 Å². The number of nitrogens with zero attached hydrogens (tertiary/aromatic N) is 2. The van der Waals surface area contributed by atoms with Crippen molar-refractivity contribution in [1.82, 2.24) is 15.1 Å². The Balaban J connectivity index is 1.53. The van der Waals surface area contributed by atoms with Crippen LogP contribution in [-0.4, -0.2) is 60.7 Å². The fourth-order valence-corrected chi connectivity index (χ4v) is 3.28. The number of piperazine rings is 1. The van der Waals surface area contributed by atoms with Crippen molar-refractivity contribution >= 4 is 23.8 Å². The summed E-state index contributed by atoms with van der Waals surface area (Å²) in [6.07, 6.45) is -1.37. The van der Waals surface area contributed by atoms with Gasteiger partial charge in [-0.15, -0.1) is 0 Å². The molecule has 0 aromatic heterocycles. The average molecular weight is 445 g/mol. The molecule has 0 saturated carbocycles. The normalized spacial score (nSPS) is 14.5. The largest absolute Gasteiger partial charge is 0.416 e. The van der Waals surface area contributed by atoms with Gasteiger partial charge in [-0.05, 0) is 48.0 Å². The summed E-state index contributed by atoms with van der Waals surface area (Å²) in [6, 6.07) is 10.9. The molecule has 2 aromatic rings. The van der Waals surface area contributed by atoms with E-state index in [2.05, 4.69) is 5.32 Å². The van der Waals surface area contributed by atoms with E-state index in [0.29, 0.717) is 31.7 Å². The second kappa shape index (κ2) is 9.67. The SMILES string of the molecule is CNC(=O)c1ccc(/C=C/C(=O)N2CCN(C(=O)c3ccc(C(F)(F)F)cc3)CC2)cc1. The molecular weight excluding hydrogens is 423 g/mol. The van der Waals surface area contributed by atoms with E-state index in [0.717, 1.165) is 17.7 Å². The molecule has 0 atom stereocenters. The molecule has 9 heteroatoms. The summed E-state index contributed by atoms with van der Waals surface area (Å²) in [7, 11) is 1.55. The van der Waals surface area contributed by atoms with Crippen molar-refractivity contribution in [3.8, 4) is 0 Å². The first kappa shape index (κ1) is 23.1. The fraction of sp³-hybridized carbons (Fsp3) is 0.261. The first-order chi connectivity index (χ1) is 15.2. The predicted molar refractivity (Wildman–Crippen MR) is 113 cm³/mol. The molecule has 3 amide bonds. The summed E-state index contributed by atoms with van der Waals surface area (Å²) >= 11 is 0. The van der Waals surface area contributed by atoms with E-state index in [4.69, 9.17) is 0 Å². The van der Waals surface area contributed by atoms with E-state index in [1.165, 1.54) is 23.1 Å². The van der Waals surface area contributed by atoms with Gasteiger partial charge in [0.1, 0.15) is 0 Å². The summed E-state index contributed by atoms with van der Waals surface area (Å²) in [6.45, 7) is 1.23. The Hall–Kier alpha value is -3.62. The summed E-state index contributed by atoms with van der Waals surface area (Å²) in [4.78, 5) is 39.7. The summed E-state index contributed by atoms with van der Waals surface area (Å²) in [5.41, 5.74) is 0.657. The van der Waals surface area contributed by atoms with Gasteiger partial charge < -0.3 is 15.1 Å². The Morgan fingerprint density at radius 1 is 0.844 bits per heavy atom. The molecule has 1 aliphatic heterocycles. The van der Waals surface area contributed by atoms with E-state index in [9.17, 15) is 27.6 Å². The molecule has 1 heterocycles. The number of halogens is 3. The van der Waals surface area contributed by atoms with Crippen LogP contribution in [0, 0.1) is 0 Å². The van der Waals surface area contributed by atoms with Crippen molar-refractivity contribution in [2.75, 3.05) is 33.2 Å². The van der Waals surface area contributed by atoms with E-state index < -0.39 is 11.7 Å². The Kier molecular flexibility index (Phi) is 6.97. The maximum Gasteiger partial charge on any atom is 0.416 e. The number of hydrogen-bond acceptors (Lipinski definition) is 3. The van der Waals surface area contributed by atoms with Gasteiger partial charge in [-0.1, -0.05) is 12.1 Å². The standard InChI is InChI=1S/C23H22F3N3O3/c1-27-21(31)17-5-2-16(3-6-17)4-11-20(30)28-12-14-29(15-13-28)22(32)18-7-9-19(10-8-18)23(24,25)26/h2-11H,12-15H2,1H3,(H,27,31)/b11-4+. The molecule has 0 aliphatic carbocycles. The molecule has 1 fully saturated rings. The zero-order valence-electron chi connectivity index (χ0n) is 17.4. The third-order valence-electron chi connectivity index (χ3n) is 5.16. The molecule has 0 unspecified atom stereocenters. The van der Waals surface area contributed by atoms with Gasteiger partial charge in [-0.2, -0.15) is 13.2 Å². The Morgan fingerprint density at radius 3 is 1.91 bits per heavy atom. The highest BCUT2D eigenvalue weighted by atomic mass is 19.4. The van der Waals surface area contributed by atoms with Crippen LogP contribution in [0.2, 0.25) is 0 Å². The fourth-order valence-electron chi connectivity index (χ4n) is 3.28.